The lowest BCUT2D eigenvalue weighted by Crippen LogP contribution is -2.25. The molecular formula is C14H17F3O2. The molecule has 1 aromatic carbocycles. The van der Waals surface area contributed by atoms with E-state index >= 15 is 0 Å². The van der Waals surface area contributed by atoms with Gasteiger partial charge in [0.25, 0.3) is 0 Å². The number of hydrogen-bond acceptors (Lipinski definition) is 2. The van der Waals surface area contributed by atoms with Gasteiger partial charge >= 0.3 is 12.1 Å². The number of carbonyl (C=O) groups excluding carboxylic acids is 1. The van der Waals surface area contributed by atoms with E-state index < -0.39 is 24.5 Å². The van der Waals surface area contributed by atoms with Gasteiger partial charge in [0, 0.05) is 0 Å². The Bertz CT molecular complexity index is 452. The number of carbonyl (C=O) groups is 1. The van der Waals surface area contributed by atoms with Gasteiger partial charge in [-0.15, -0.1) is 0 Å². The maximum Gasteiger partial charge on any atom is 0.396 e. The second-order valence-electron chi connectivity index (χ2n) is 4.46. The van der Waals surface area contributed by atoms with Crippen LogP contribution in [0.2, 0.25) is 0 Å². The molecule has 0 saturated heterocycles. The fourth-order valence-electron chi connectivity index (χ4n) is 2.01. The molecule has 0 heterocycles. The number of hydrogen-bond donors (Lipinski definition) is 0. The Morgan fingerprint density at radius 1 is 1.32 bits per heavy atom. The van der Waals surface area contributed by atoms with E-state index in [1.54, 1.807) is 26.0 Å². The summed E-state index contributed by atoms with van der Waals surface area (Å²) in [7, 11) is 0. The lowest BCUT2D eigenvalue weighted by Gasteiger charge is -2.22. The summed E-state index contributed by atoms with van der Waals surface area (Å²) < 4.78 is 43.9. The van der Waals surface area contributed by atoms with Crippen LogP contribution in [0.5, 0.6) is 0 Å². The number of aryl methyl sites for hydroxylation is 2. The molecule has 0 spiro atoms. The molecule has 0 aliphatic rings. The van der Waals surface area contributed by atoms with Crippen molar-refractivity contribution in [1.29, 1.82) is 0 Å². The molecule has 0 fully saturated rings. The van der Waals surface area contributed by atoms with Crippen LogP contribution in [-0.4, -0.2) is 18.8 Å². The van der Waals surface area contributed by atoms with E-state index in [2.05, 4.69) is 4.74 Å². The third kappa shape index (κ3) is 4.26. The fraction of sp³-hybridized carbons (Fsp3) is 0.500. The standard InChI is InChI=1S/C14H17F3O2/c1-4-19-13(18)8-12(14(15,16)17)11-6-5-9(2)7-10(11)3/h5-7,12H,4,8H2,1-3H3/t12-/m0/s1. The maximum absolute atomic E-state index is 13.1. The van der Waals surface area contributed by atoms with Crippen molar-refractivity contribution in [2.75, 3.05) is 6.61 Å². The van der Waals surface area contributed by atoms with E-state index in [0.29, 0.717) is 5.56 Å². The second kappa shape index (κ2) is 6.08. The second-order valence-corrected chi connectivity index (χ2v) is 4.46. The van der Waals surface area contributed by atoms with Crippen LogP contribution in [0, 0.1) is 13.8 Å². The number of ether oxygens (including phenoxy) is 1. The minimum atomic E-state index is -4.47. The molecule has 106 valence electrons. The SMILES string of the molecule is CCOC(=O)C[C@@H](c1ccc(C)cc1C)C(F)(F)F. The van der Waals surface area contributed by atoms with Gasteiger partial charge in [0.2, 0.25) is 0 Å². The van der Waals surface area contributed by atoms with E-state index in [4.69, 9.17) is 0 Å². The van der Waals surface area contributed by atoms with Crippen molar-refractivity contribution < 1.29 is 22.7 Å². The summed E-state index contributed by atoms with van der Waals surface area (Å²) in [6, 6.07) is 4.73. The van der Waals surface area contributed by atoms with Crippen LogP contribution in [0.15, 0.2) is 18.2 Å². The lowest BCUT2D eigenvalue weighted by atomic mass is 9.90. The average molecular weight is 274 g/mol. The van der Waals surface area contributed by atoms with Gasteiger partial charge < -0.3 is 4.74 Å². The number of esters is 1. The number of halogens is 3. The molecule has 0 aliphatic heterocycles. The Hall–Kier alpha value is -1.52. The molecule has 2 nitrogen and oxygen atoms in total. The van der Waals surface area contributed by atoms with Crippen LogP contribution < -0.4 is 0 Å². The van der Waals surface area contributed by atoms with E-state index in [1.807, 2.05) is 6.92 Å². The molecule has 0 bridgehead atoms. The summed E-state index contributed by atoms with van der Waals surface area (Å²) in [4.78, 5) is 11.3. The topological polar surface area (TPSA) is 26.3 Å². The quantitative estimate of drug-likeness (QED) is 0.778. The fourth-order valence-corrected chi connectivity index (χ4v) is 2.01. The molecule has 0 radical (unpaired) electrons. The first-order valence-corrected chi connectivity index (χ1v) is 6.05. The Morgan fingerprint density at radius 3 is 2.42 bits per heavy atom. The molecule has 0 aromatic heterocycles. The van der Waals surface area contributed by atoms with Crippen LogP contribution in [0.3, 0.4) is 0 Å². The molecule has 1 rings (SSSR count). The molecule has 5 heteroatoms. The van der Waals surface area contributed by atoms with Gasteiger partial charge in [0.05, 0.1) is 18.9 Å². The highest BCUT2D eigenvalue weighted by Crippen LogP contribution is 2.39. The summed E-state index contributed by atoms with van der Waals surface area (Å²) in [5.41, 5.74) is 1.55. The minimum Gasteiger partial charge on any atom is -0.466 e. The van der Waals surface area contributed by atoms with Crippen molar-refractivity contribution in [2.24, 2.45) is 0 Å². The summed E-state index contributed by atoms with van der Waals surface area (Å²) in [6.45, 7) is 5.07. The predicted molar refractivity (Wildman–Crippen MR) is 66.0 cm³/mol. The molecule has 0 saturated carbocycles. The maximum atomic E-state index is 13.1. The van der Waals surface area contributed by atoms with E-state index in [-0.39, 0.29) is 12.2 Å². The van der Waals surface area contributed by atoms with E-state index in [0.717, 1.165) is 5.56 Å². The van der Waals surface area contributed by atoms with Gasteiger partial charge in [-0.25, -0.2) is 0 Å². The van der Waals surface area contributed by atoms with Gasteiger partial charge in [-0.3, -0.25) is 4.79 Å². The highest BCUT2D eigenvalue weighted by atomic mass is 19.4. The van der Waals surface area contributed by atoms with Gasteiger partial charge in [-0.2, -0.15) is 13.2 Å². The van der Waals surface area contributed by atoms with Crippen LogP contribution in [0.1, 0.15) is 36.0 Å². The van der Waals surface area contributed by atoms with Gasteiger partial charge in [0.15, 0.2) is 0 Å². The van der Waals surface area contributed by atoms with Crippen LogP contribution >= 0.6 is 0 Å². The Balaban J connectivity index is 3.07. The predicted octanol–water partition coefficient (Wildman–Crippen LogP) is 3.90. The molecule has 0 amide bonds. The van der Waals surface area contributed by atoms with Crippen LogP contribution in [0.25, 0.3) is 0 Å². The Kier molecular flexibility index (Phi) is 4.97. The first kappa shape index (κ1) is 15.5. The largest absolute Gasteiger partial charge is 0.466 e. The van der Waals surface area contributed by atoms with Crippen LogP contribution in [-0.2, 0) is 9.53 Å². The van der Waals surface area contributed by atoms with Gasteiger partial charge in [0.1, 0.15) is 0 Å². The monoisotopic (exact) mass is 274 g/mol. The first-order chi connectivity index (χ1) is 8.75. The summed E-state index contributed by atoms with van der Waals surface area (Å²) >= 11 is 0. The number of benzene rings is 1. The third-order valence-corrected chi connectivity index (χ3v) is 2.87. The van der Waals surface area contributed by atoms with Crippen molar-refractivity contribution >= 4 is 5.97 Å². The van der Waals surface area contributed by atoms with Gasteiger partial charge in [-0.1, -0.05) is 23.8 Å². The van der Waals surface area contributed by atoms with Crippen molar-refractivity contribution in [2.45, 2.75) is 39.3 Å². The zero-order valence-corrected chi connectivity index (χ0v) is 11.2. The normalized spacial score (nSPS) is 13.2. The third-order valence-electron chi connectivity index (χ3n) is 2.87. The summed E-state index contributed by atoms with van der Waals surface area (Å²) in [5.74, 6) is -2.64. The molecule has 1 aromatic rings. The summed E-state index contributed by atoms with van der Waals surface area (Å²) in [5, 5.41) is 0. The number of rotatable bonds is 4. The van der Waals surface area contributed by atoms with Gasteiger partial charge in [-0.05, 0) is 31.9 Å². The average Bonchev–Trinajstić information content (AvgIpc) is 2.25. The van der Waals surface area contributed by atoms with E-state index in [9.17, 15) is 18.0 Å². The smallest absolute Gasteiger partial charge is 0.396 e. The highest BCUT2D eigenvalue weighted by Gasteiger charge is 2.42. The lowest BCUT2D eigenvalue weighted by molar-refractivity contribution is -0.166. The van der Waals surface area contributed by atoms with Crippen molar-refractivity contribution in [3.8, 4) is 0 Å². The van der Waals surface area contributed by atoms with Crippen molar-refractivity contribution in [3.63, 3.8) is 0 Å². The molecule has 19 heavy (non-hydrogen) atoms. The minimum absolute atomic E-state index is 0.0797. The molecule has 0 N–H and O–H groups in total. The molecule has 0 unspecified atom stereocenters. The molecular weight excluding hydrogens is 257 g/mol. The Morgan fingerprint density at radius 2 is 1.95 bits per heavy atom. The highest BCUT2D eigenvalue weighted by molar-refractivity contribution is 5.70. The number of alkyl halides is 3. The molecule has 0 aliphatic carbocycles. The van der Waals surface area contributed by atoms with Crippen LogP contribution in [0.4, 0.5) is 13.2 Å². The zero-order valence-electron chi connectivity index (χ0n) is 11.2. The van der Waals surface area contributed by atoms with Crippen molar-refractivity contribution in [3.05, 3.63) is 34.9 Å². The summed E-state index contributed by atoms with van der Waals surface area (Å²) in [6.07, 6.45) is -5.14. The Labute approximate surface area is 110 Å². The first-order valence-electron chi connectivity index (χ1n) is 6.05. The van der Waals surface area contributed by atoms with E-state index in [1.165, 1.54) is 6.07 Å². The molecule has 1 atom stereocenters. The van der Waals surface area contributed by atoms with Crippen molar-refractivity contribution in [1.82, 2.24) is 0 Å². The zero-order chi connectivity index (χ0) is 14.6.